The molecule has 0 bridgehead atoms. The lowest BCUT2D eigenvalue weighted by Crippen LogP contribution is -2.50. The summed E-state index contributed by atoms with van der Waals surface area (Å²) < 4.78 is 5.38. The molecule has 0 heterocycles. The standard InChI is InChI=1S/C23H32O4/c1-13(27-4)21(26)23(3)10-8-18-16-6-5-14-11-15(24)12-19(25)20(14)17(16)7-9-22(18,23)2/h11,13,16,18-19,25H,5-10,12H2,1-4H3. The molecule has 0 aromatic carbocycles. The summed E-state index contributed by atoms with van der Waals surface area (Å²) in [6, 6.07) is 0. The number of methoxy groups -OCH3 is 1. The molecule has 0 spiro atoms. The van der Waals surface area contributed by atoms with E-state index in [0.717, 1.165) is 49.7 Å². The van der Waals surface area contributed by atoms with Crippen molar-refractivity contribution in [3.05, 3.63) is 22.8 Å². The number of allylic oxidation sites excluding steroid dienone is 2. The summed E-state index contributed by atoms with van der Waals surface area (Å²) in [6.45, 7) is 6.34. The molecule has 2 saturated carbocycles. The maximum Gasteiger partial charge on any atom is 0.167 e. The molecular weight excluding hydrogens is 340 g/mol. The Morgan fingerprint density at radius 3 is 2.70 bits per heavy atom. The van der Waals surface area contributed by atoms with Gasteiger partial charge in [-0.3, -0.25) is 9.59 Å². The second kappa shape index (κ2) is 6.38. The Kier molecular flexibility index (Phi) is 4.51. The van der Waals surface area contributed by atoms with Crippen LogP contribution in [0.2, 0.25) is 0 Å². The highest BCUT2D eigenvalue weighted by Gasteiger charge is 2.62. The van der Waals surface area contributed by atoms with Gasteiger partial charge in [0.1, 0.15) is 6.10 Å². The lowest BCUT2D eigenvalue weighted by atomic mass is 9.51. The van der Waals surface area contributed by atoms with Crippen LogP contribution in [0.25, 0.3) is 0 Å². The fraction of sp³-hybridized carbons (Fsp3) is 0.739. The van der Waals surface area contributed by atoms with Crippen LogP contribution in [-0.4, -0.2) is 36.0 Å². The van der Waals surface area contributed by atoms with Gasteiger partial charge in [-0.05, 0) is 79.9 Å². The van der Waals surface area contributed by atoms with Crippen molar-refractivity contribution >= 4 is 11.6 Å². The molecule has 4 aliphatic rings. The summed E-state index contributed by atoms with van der Waals surface area (Å²) >= 11 is 0. The van der Waals surface area contributed by atoms with E-state index in [1.54, 1.807) is 13.2 Å². The van der Waals surface area contributed by atoms with Gasteiger partial charge >= 0.3 is 0 Å². The summed E-state index contributed by atoms with van der Waals surface area (Å²) in [7, 11) is 1.62. The SMILES string of the molecule is COC(C)C(=O)C1(C)CCC2C3CCC4=CC(=O)CC(O)C4=C3CCC21C. The molecule has 148 valence electrons. The number of aliphatic hydroxyl groups excluding tert-OH is 1. The second-order valence-corrected chi connectivity index (χ2v) is 9.58. The van der Waals surface area contributed by atoms with Gasteiger partial charge in [0.2, 0.25) is 0 Å². The first-order valence-corrected chi connectivity index (χ1v) is 10.4. The quantitative estimate of drug-likeness (QED) is 0.819. The van der Waals surface area contributed by atoms with Gasteiger partial charge in [0, 0.05) is 18.9 Å². The van der Waals surface area contributed by atoms with Gasteiger partial charge in [-0.2, -0.15) is 0 Å². The third kappa shape index (κ3) is 2.56. The van der Waals surface area contributed by atoms with E-state index in [-0.39, 0.29) is 34.9 Å². The number of hydrogen-bond donors (Lipinski definition) is 1. The van der Waals surface area contributed by atoms with Crippen LogP contribution in [0.3, 0.4) is 0 Å². The number of carbonyl (C=O) groups excluding carboxylic acids is 2. The third-order valence-corrected chi connectivity index (χ3v) is 8.63. The number of aliphatic hydroxyl groups is 1. The van der Waals surface area contributed by atoms with E-state index < -0.39 is 6.10 Å². The molecule has 6 unspecified atom stereocenters. The summed E-state index contributed by atoms with van der Waals surface area (Å²) in [5.74, 6) is 1.20. The van der Waals surface area contributed by atoms with E-state index in [9.17, 15) is 14.7 Å². The average molecular weight is 373 g/mol. The molecule has 1 N–H and O–H groups in total. The number of ether oxygens (including phenoxy) is 1. The minimum atomic E-state index is -0.636. The van der Waals surface area contributed by atoms with Crippen LogP contribution in [0.4, 0.5) is 0 Å². The van der Waals surface area contributed by atoms with Crippen molar-refractivity contribution in [2.75, 3.05) is 7.11 Å². The van der Waals surface area contributed by atoms with Crippen LogP contribution in [0.1, 0.15) is 65.7 Å². The number of carbonyl (C=O) groups is 2. The highest BCUT2D eigenvalue weighted by molar-refractivity contribution is 5.94. The Bertz CT molecular complexity index is 747. The average Bonchev–Trinajstić information content (AvgIpc) is 2.92. The van der Waals surface area contributed by atoms with Crippen LogP contribution in [-0.2, 0) is 14.3 Å². The summed E-state index contributed by atoms with van der Waals surface area (Å²) in [5, 5.41) is 10.6. The van der Waals surface area contributed by atoms with Gasteiger partial charge in [-0.15, -0.1) is 0 Å². The van der Waals surface area contributed by atoms with Gasteiger partial charge in [0.25, 0.3) is 0 Å². The van der Waals surface area contributed by atoms with Gasteiger partial charge in [-0.1, -0.05) is 19.4 Å². The van der Waals surface area contributed by atoms with Crippen molar-refractivity contribution in [1.29, 1.82) is 0 Å². The highest BCUT2D eigenvalue weighted by Crippen LogP contribution is 2.67. The Morgan fingerprint density at radius 2 is 2.00 bits per heavy atom. The molecule has 4 heteroatoms. The molecule has 0 saturated heterocycles. The van der Waals surface area contributed by atoms with Crippen molar-refractivity contribution in [3.63, 3.8) is 0 Å². The Hall–Kier alpha value is -1.26. The lowest BCUT2D eigenvalue weighted by molar-refractivity contribution is -0.146. The summed E-state index contributed by atoms with van der Waals surface area (Å²) in [5.41, 5.74) is 3.14. The smallest absolute Gasteiger partial charge is 0.167 e. The largest absolute Gasteiger partial charge is 0.388 e. The zero-order valence-corrected chi connectivity index (χ0v) is 17.0. The second-order valence-electron chi connectivity index (χ2n) is 9.58. The van der Waals surface area contributed by atoms with E-state index in [4.69, 9.17) is 4.74 Å². The van der Waals surface area contributed by atoms with Crippen molar-refractivity contribution in [2.24, 2.45) is 22.7 Å². The molecule has 0 amide bonds. The monoisotopic (exact) mass is 372 g/mol. The van der Waals surface area contributed by atoms with Crippen LogP contribution in [0.5, 0.6) is 0 Å². The zero-order chi connectivity index (χ0) is 19.6. The molecule has 0 aliphatic heterocycles. The van der Waals surface area contributed by atoms with Crippen LogP contribution >= 0.6 is 0 Å². The molecule has 0 radical (unpaired) electrons. The first-order chi connectivity index (χ1) is 12.7. The molecule has 0 aromatic rings. The van der Waals surface area contributed by atoms with E-state index in [0.29, 0.717) is 11.8 Å². The minimum Gasteiger partial charge on any atom is -0.388 e. The lowest BCUT2D eigenvalue weighted by Gasteiger charge is -2.52. The number of hydrogen-bond acceptors (Lipinski definition) is 4. The highest BCUT2D eigenvalue weighted by atomic mass is 16.5. The van der Waals surface area contributed by atoms with E-state index in [1.165, 1.54) is 5.57 Å². The van der Waals surface area contributed by atoms with Crippen LogP contribution in [0, 0.1) is 22.7 Å². The normalized spacial score (nSPS) is 42.2. The minimum absolute atomic E-state index is 0.0255. The van der Waals surface area contributed by atoms with E-state index >= 15 is 0 Å². The Morgan fingerprint density at radius 1 is 1.26 bits per heavy atom. The molecule has 4 rings (SSSR count). The number of rotatable bonds is 3. The number of ketones is 2. The molecule has 4 nitrogen and oxygen atoms in total. The third-order valence-electron chi connectivity index (χ3n) is 8.63. The van der Waals surface area contributed by atoms with Gasteiger partial charge in [-0.25, -0.2) is 0 Å². The Labute approximate surface area is 162 Å². The summed E-state index contributed by atoms with van der Waals surface area (Å²) in [4.78, 5) is 25.1. The van der Waals surface area contributed by atoms with Crippen molar-refractivity contribution in [2.45, 2.75) is 77.9 Å². The van der Waals surface area contributed by atoms with Crippen LogP contribution < -0.4 is 0 Å². The van der Waals surface area contributed by atoms with E-state index in [2.05, 4.69) is 13.8 Å². The number of Topliss-reactive ketones (excluding diaryl/α,β-unsaturated/α-hetero) is 1. The molecule has 6 atom stereocenters. The summed E-state index contributed by atoms with van der Waals surface area (Å²) in [6.07, 6.45) is 6.78. The Balaban J connectivity index is 1.72. The fourth-order valence-electron chi connectivity index (χ4n) is 6.83. The van der Waals surface area contributed by atoms with Gasteiger partial charge < -0.3 is 9.84 Å². The molecule has 2 fully saturated rings. The van der Waals surface area contributed by atoms with Crippen molar-refractivity contribution in [3.8, 4) is 0 Å². The van der Waals surface area contributed by atoms with Crippen LogP contribution in [0.15, 0.2) is 22.8 Å². The maximum atomic E-state index is 13.2. The molecular formula is C23H32O4. The predicted octanol–water partition coefficient (Wildman–Crippen LogP) is 3.77. The first kappa shape index (κ1) is 19.1. The van der Waals surface area contributed by atoms with E-state index in [1.807, 2.05) is 6.92 Å². The number of fused-ring (bicyclic) bond motifs is 4. The van der Waals surface area contributed by atoms with Crippen molar-refractivity contribution < 1.29 is 19.4 Å². The first-order valence-electron chi connectivity index (χ1n) is 10.4. The predicted molar refractivity (Wildman–Crippen MR) is 103 cm³/mol. The fourth-order valence-corrected chi connectivity index (χ4v) is 6.83. The molecule has 4 aliphatic carbocycles. The van der Waals surface area contributed by atoms with Crippen molar-refractivity contribution in [1.82, 2.24) is 0 Å². The topological polar surface area (TPSA) is 63.6 Å². The van der Waals surface area contributed by atoms with Gasteiger partial charge in [0.15, 0.2) is 11.6 Å². The zero-order valence-electron chi connectivity index (χ0n) is 17.0. The molecule has 27 heavy (non-hydrogen) atoms. The van der Waals surface area contributed by atoms with Gasteiger partial charge in [0.05, 0.1) is 6.10 Å². The molecule has 0 aromatic heterocycles. The maximum absolute atomic E-state index is 13.2.